The van der Waals surface area contributed by atoms with Gasteiger partial charge in [0, 0.05) is 11.3 Å². The van der Waals surface area contributed by atoms with Gasteiger partial charge in [0.1, 0.15) is 10.8 Å². The molecule has 0 aliphatic heterocycles. The number of rotatable bonds is 3. The molecule has 0 amide bonds. The molecule has 0 radical (unpaired) electrons. The molecule has 20 heavy (non-hydrogen) atoms. The molecule has 2 aromatic carbocycles. The summed E-state index contributed by atoms with van der Waals surface area (Å²) in [5.74, 6) is -0.920. The molecule has 0 unspecified atom stereocenters. The van der Waals surface area contributed by atoms with Crippen molar-refractivity contribution in [1.82, 2.24) is 0 Å². The number of hydrogen-bond acceptors (Lipinski definition) is 2. The minimum absolute atomic E-state index is 0.101. The Balaban J connectivity index is 2.42. The molecule has 0 heterocycles. The van der Waals surface area contributed by atoms with Gasteiger partial charge in [-0.1, -0.05) is 18.3 Å². The van der Waals surface area contributed by atoms with Crippen molar-refractivity contribution >= 4 is 44.5 Å². The fourth-order valence-corrected chi connectivity index (χ4v) is 2.57. The van der Waals surface area contributed by atoms with E-state index in [1.807, 2.05) is 0 Å². The normalized spacial score (nSPS) is 10.4. The quantitative estimate of drug-likeness (QED) is 0.799. The molecule has 0 aliphatic rings. The zero-order chi connectivity index (χ0) is 14.9. The molecular weight excluding hydrogens is 346 g/mol. The highest BCUT2D eigenvalue weighted by Gasteiger charge is 2.13. The maximum atomic E-state index is 14.2. The SMILES string of the molecule is Cc1ccc(F)cc1Nc1ccc(C(N)=S)c(Br)c1F. The van der Waals surface area contributed by atoms with Crippen LogP contribution in [0.3, 0.4) is 0 Å². The highest BCUT2D eigenvalue weighted by Crippen LogP contribution is 2.30. The van der Waals surface area contributed by atoms with Gasteiger partial charge in [-0.3, -0.25) is 0 Å². The molecule has 0 fully saturated rings. The van der Waals surface area contributed by atoms with E-state index in [2.05, 4.69) is 21.2 Å². The average Bonchev–Trinajstić information content (AvgIpc) is 2.39. The number of anilines is 2. The van der Waals surface area contributed by atoms with E-state index in [1.165, 1.54) is 18.2 Å². The van der Waals surface area contributed by atoms with Gasteiger partial charge in [0.15, 0.2) is 5.82 Å². The predicted molar refractivity (Wildman–Crippen MR) is 84.4 cm³/mol. The maximum Gasteiger partial charge on any atom is 0.161 e. The Morgan fingerprint density at radius 3 is 2.55 bits per heavy atom. The number of hydrogen-bond donors (Lipinski definition) is 2. The van der Waals surface area contributed by atoms with Gasteiger partial charge in [0.05, 0.1) is 10.2 Å². The Labute approximate surface area is 129 Å². The van der Waals surface area contributed by atoms with Crippen molar-refractivity contribution in [3.8, 4) is 0 Å². The van der Waals surface area contributed by atoms with E-state index in [-0.39, 0.29) is 15.1 Å². The largest absolute Gasteiger partial charge is 0.389 e. The highest BCUT2D eigenvalue weighted by molar-refractivity contribution is 9.10. The first kappa shape index (κ1) is 14.9. The number of aryl methyl sites for hydroxylation is 1. The minimum atomic E-state index is -0.529. The fourth-order valence-electron chi connectivity index (χ4n) is 1.71. The first-order valence-corrected chi connectivity index (χ1v) is 6.91. The molecular formula is C14H11BrF2N2S. The molecule has 0 atom stereocenters. The molecule has 0 saturated heterocycles. The van der Waals surface area contributed by atoms with Crippen LogP contribution in [0.25, 0.3) is 0 Å². The van der Waals surface area contributed by atoms with Crippen LogP contribution < -0.4 is 11.1 Å². The van der Waals surface area contributed by atoms with Crippen LogP contribution in [0.4, 0.5) is 20.2 Å². The van der Waals surface area contributed by atoms with Gasteiger partial charge < -0.3 is 11.1 Å². The molecule has 0 bridgehead atoms. The summed E-state index contributed by atoms with van der Waals surface area (Å²) in [6.45, 7) is 1.80. The second-order valence-corrected chi connectivity index (χ2v) is 5.47. The van der Waals surface area contributed by atoms with Gasteiger partial charge in [-0.25, -0.2) is 8.78 Å². The molecule has 0 spiro atoms. The highest BCUT2D eigenvalue weighted by atomic mass is 79.9. The molecule has 0 aliphatic carbocycles. The Hall–Kier alpha value is -1.53. The number of nitrogens with one attached hydrogen (secondary N) is 1. The lowest BCUT2D eigenvalue weighted by atomic mass is 10.1. The first-order valence-electron chi connectivity index (χ1n) is 5.71. The lowest BCUT2D eigenvalue weighted by Gasteiger charge is -2.13. The van der Waals surface area contributed by atoms with Crippen LogP contribution in [0.15, 0.2) is 34.8 Å². The molecule has 0 aromatic heterocycles. The number of nitrogens with two attached hydrogens (primary N) is 1. The van der Waals surface area contributed by atoms with E-state index in [0.717, 1.165) is 5.56 Å². The summed E-state index contributed by atoms with van der Waals surface area (Å²) in [7, 11) is 0. The third-order valence-electron chi connectivity index (χ3n) is 2.82. The Morgan fingerprint density at radius 1 is 1.20 bits per heavy atom. The minimum Gasteiger partial charge on any atom is -0.389 e. The Kier molecular flexibility index (Phi) is 4.35. The first-order chi connectivity index (χ1) is 9.40. The van der Waals surface area contributed by atoms with Gasteiger partial charge >= 0.3 is 0 Å². The number of benzene rings is 2. The summed E-state index contributed by atoms with van der Waals surface area (Å²) in [6, 6.07) is 7.40. The van der Waals surface area contributed by atoms with E-state index >= 15 is 0 Å². The molecule has 2 rings (SSSR count). The summed E-state index contributed by atoms with van der Waals surface area (Å²) in [4.78, 5) is 0.101. The number of thiocarbonyl (C=S) groups is 1. The van der Waals surface area contributed by atoms with Crippen LogP contribution in [-0.4, -0.2) is 4.99 Å². The summed E-state index contributed by atoms with van der Waals surface area (Å²) in [6.07, 6.45) is 0. The van der Waals surface area contributed by atoms with Crippen molar-refractivity contribution in [3.05, 3.63) is 57.6 Å². The average molecular weight is 357 g/mol. The predicted octanol–water partition coefficient (Wildman–Crippen LogP) is 4.41. The van der Waals surface area contributed by atoms with Crippen LogP contribution in [0.5, 0.6) is 0 Å². The third-order valence-corrected chi connectivity index (χ3v) is 3.81. The van der Waals surface area contributed by atoms with Crippen molar-refractivity contribution in [1.29, 1.82) is 0 Å². The van der Waals surface area contributed by atoms with Crippen LogP contribution in [-0.2, 0) is 0 Å². The molecule has 2 aromatic rings. The van der Waals surface area contributed by atoms with Crippen molar-refractivity contribution in [3.63, 3.8) is 0 Å². The van der Waals surface area contributed by atoms with Gasteiger partial charge in [-0.05, 0) is 52.7 Å². The van der Waals surface area contributed by atoms with Crippen LogP contribution >= 0.6 is 28.1 Å². The summed E-state index contributed by atoms with van der Waals surface area (Å²) < 4.78 is 27.6. The van der Waals surface area contributed by atoms with E-state index in [1.54, 1.807) is 19.1 Å². The molecule has 2 nitrogen and oxygen atoms in total. The maximum absolute atomic E-state index is 14.2. The molecule has 3 N–H and O–H groups in total. The summed E-state index contributed by atoms with van der Waals surface area (Å²) >= 11 is 7.95. The van der Waals surface area contributed by atoms with E-state index in [0.29, 0.717) is 11.3 Å². The molecule has 104 valence electrons. The Bertz CT molecular complexity index is 689. The lowest BCUT2D eigenvalue weighted by Crippen LogP contribution is -2.11. The second-order valence-electron chi connectivity index (χ2n) is 4.24. The third kappa shape index (κ3) is 2.96. The second kappa shape index (κ2) is 5.85. The standard InChI is InChI=1S/C14H11BrF2N2S/c1-7-2-3-8(16)6-11(7)19-10-5-4-9(14(18)20)12(15)13(10)17/h2-6,19H,1H3,(H2,18,20). The smallest absolute Gasteiger partial charge is 0.161 e. The Morgan fingerprint density at radius 2 is 1.90 bits per heavy atom. The fraction of sp³-hybridized carbons (Fsp3) is 0.0714. The summed E-state index contributed by atoms with van der Waals surface area (Å²) in [5.41, 5.74) is 7.43. The van der Waals surface area contributed by atoms with Gasteiger partial charge in [0.25, 0.3) is 0 Å². The zero-order valence-electron chi connectivity index (χ0n) is 10.5. The van der Waals surface area contributed by atoms with E-state index in [9.17, 15) is 8.78 Å². The van der Waals surface area contributed by atoms with Crippen molar-refractivity contribution in [2.75, 3.05) is 5.32 Å². The topological polar surface area (TPSA) is 38.0 Å². The van der Waals surface area contributed by atoms with Gasteiger partial charge in [0.2, 0.25) is 0 Å². The summed E-state index contributed by atoms with van der Waals surface area (Å²) in [5, 5.41) is 2.86. The molecule has 0 saturated carbocycles. The van der Waals surface area contributed by atoms with Crippen LogP contribution in [0.1, 0.15) is 11.1 Å². The zero-order valence-corrected chi connectivity index (χ0v) is 12.9. The molecule has 6 heteroatoms. The van der Waals surface area contributed by atoms with Crippen molar-refractivity contribution in [2.45, 2.75) is 6.92 Å². The van der Waals surface area contributed by atoms with E-state index < -0.39 is 11.6 Å². The monoisotopic (exact) mass is 356 g/mol. The van der Waals surface area contributed by atoms with Crippen molar-refractivity contribution in [2.24, 2.45) is 5.73 Å². The van der Waals surface area contributed by atoms with Crippen LogP contribution in [0.2, 0.25) is 0 Å². The lowest BCUT2D eigenvalue weighted by molar-refractivity contribution is 0.623. The van der Waals surface area contributed by atoms with Gasteiger partial charge in [-0.2, -0.15) is 0 Å². The van der Waals surface area contributed by atoms with E-state index in [4.69, 9.17) is 18.0 Å². The number of halogens is 3. The van der Waals surface area contributed by atoms with Gasteiger partial charge in [-0.15, -0.1) is 0 Å². The van der Waals surface area contributed by atoms with Crippen molar-refractivity contribution < 1.29 is 8.78 Å². The van der Waals surface area contributed by atoms with Crippen LogP contribution in [0, 0.1) is 18.6 Å².